The summed E-state index contributed by atoms with van der Waals surface area (Å²) in [5, 5.41) is 13.2. The Kier molecular flexibility index (Phi) is 3.97. The number of hydrogen-bond acceptors (Lipinski definition) is 4. The molecule has 19 heavy (non-hydrogen) atoms. The Morgan fingerprint density at radius 1 is 1.42 bits per heavy atom. The molecule has 0 unspecified atom stereocenters. The molecule has 0 radical (unpaired) electrons. The standard InChI is InChI=1S/C14H16N2O3/c1-9-7-12(15-5-6-19-2)11-4-3-10(14(17)18)8-13(11)16-9/h3-4,7-8H,5-6H2,1-2H3,(H,15,16)(H,17,18). The van der Waals surface area contributed by atoms with Crippen molar-refractivity contribution in [2.45, 2.75) is 6.92 Å². The maximum absolute atomic E-state index is 11.0. The highest BCUT2D eigenvalue weighted by atomic mass is 16.5. The molecule has 0 aliphatic carbocycles. The molecule has 0 atom stereocenters. The van der Waals surface area contributed by atoms with E-state index < -0.39 is 5.97 Å². The molecule has 1 aromatic carbocycles. The number of nitrogens with one attached hydrogen (secondary N) is 1. The zero-order chi connectivity index (χ0) is 13.8. The van der Waals surface area contributed by atoms with Crippen LogP contribution in [0.2, 0.25) is 0 Å². The molecule has 2 aromatic rings. The van der Waals surface area contributed by atoms with Crippen LogP contribution in [0.25, 0.3) is 10.9 Å². The molecule has 0 bridgehead atoms. The van der Waals surface area contributed by atoms with Crippen LogP contribution in [0, 0.1) is 6.92 Å². The zero-order valence-electron chi connectivity index (χ0n) is 10.9. The van der Waals surface area contributed by atoms with Crippen LogP contribution in [0.4, 0.5) is 5.69 Å². The number of rotatable bonds is 5. The first kappa shape index (κ1) is 13.3. The number of aromatic nitrogens is 1. The summed E-state index contributed by atoms with van der Waals surface area (Å²) in [6.45, 7) is 3.18. The van der Waals surface area contributed by atoms with E-state index in [-0.39, 0.29) is 5.56 Å². The first-order valence-electron chi connectivity index (χ1n) is 5.99. The number of aryl methyl sites for hydroxylation is 1. The second-order valence-corrected chi connectivity index (χ2v) is 4.27. The van der Waals surface area contributed by atoms with Crippen molar-refractivity contribution in [3.63, 3.8) is 0 Å². The van der Waals surface area contributed by atoms with Crippen LogP contribution in [0.5, 0.6) is 0 Å². The molecule has 1 heterocycles. The number of nitrogens with zero attached hydrogens (tertiary/aromatic N) is 1. The normalized spacial score (nSPS) is 10.6. The largest absolute Gasteiger partial charge is 0.478 e. The summed E-state index contributed by atoms with van der Waals surface area (Å²) in [6, 6.07) is 6.90. The van der Waals surface area contributed by atoms with Gasteiger partial charge in [0.15, 0.2) is 0 Å². The summed E-state index contributed by atoms with van der Waals surface area (Å²) in [5.74, 6) is -0.945. The lowest BCUT2D eigenvalue weighted by atomic mass is 10.1. The van der Waals surface area contributed by atoms with E-state index in [1.807, 2.05) is 13.0 Å². The Labute approximate surface area is 111 Å². The summed E-state index contributed by atoms with van der Waals surface area (Å²) in [6.07, 6.45) is 0. The van der Waals surface area contributed by atoms with E-state index in [9.17, 15) is 4.79 Å². The minimum absolute atomic E-state index is 0.244. The van der Waals surface area contributed by atoms with Gasteiger partial charge in [-0.05, 0) is 31.2 Å². The molecular formula is C14H16N2O3. The van der Waals surface area contributed by atoms with Gasteiger partial charge in [0.25, 0.3) is 0 Å². The van der Waals surface area contributed by atoms with Gasteiger partial charge in [-0.25, -0.2) is 4.79 Å². The Morgan fingerprint density at radius 3 is 2.89 bits per heavy atom. The first-order chi connectivity index (χ1) is 9.11. The molecule has 2 rings (SSSR count). The molecule has 0 amide bonds. The lowest BCUT2D eigenvalue weighted by Crippen LogP contribution is -2.08. The van der Waals surface area contributed by atoms with E-state index in [1.165, 1.54) is 0 Å². The second kappa shape index (κ2) is 5.67. The summed E-state index contributed by atoms with van der Waals surface area (Å²) in [5.41, 5.74) is 2.71. The summed E-state index contributed by atoms with van der Waals surface area (Å²) in [4.78, 5) is 15.3. The van der Waals surface area contributed by atoms with Gasteiger partial charge in [-0.15, -0.1) is 0 Å². The van der Waals surface area contributed by atoms with Gasteiger partial charge in [0.05, 0.1) is 17.7 Å². The van der Waals surface area contributed by atoms with E-state index in [0.29, 0.717) is 18.7 Å². The van der Waals surface area contributed by atoms with Gasteiger partial charge < -0.3 is 15.2 Å². The van der Waals surface area contributed by atoms with Gasteiger partial charge >= 0.3 is 5.97 Å². The van der Waals surface area contributed by atoms with Gasteiger partial charge in [-0.2, -0.15) is 0 Å². The highest BCUT2D eigenvalue weighted by Gasteiger charge is 2.08. The Morgan fingerprint density at radius 2 is 2.21 bits per heavy atom. The van der Waals surface area contributed by atoms with Crippen molar-refractivity contribution in [1.82, 2.24) is 4.98 Å². The van der Waals surface area contributed by atoms with Crippen LogP contribution in [0.15, 0.2) is 24.3 Å². The average molecular weight is 260 g/mol. The molecule has 0 spiro atoms. The lowest BCUT2D eigenvalue weighted by molar-refractivity contribution is 0.0697. The molecule has 2 N–H and O–H groups in total. The maximum atomic E-state index is 11.0. The number of carboxylic acid groups (broad SMARTS) is 1. The van der Waals surface area contributed by atoms with Crippen LogP contribution >= 0.6 is 0 Å². The third-order valence-corrected chi connectivity index (χ3v) is 2.81. The number of carbonyl (C=O) groups is 1. The van der Waals surface area contributed by atoms with E-state index in [2.05, 4.69) is 10.3 Å². The van der Waals surface area contributed by atoms with Gasteiger partial charge in [-0.1, -0.05) is 0 Å². The smallest absolute Gasteiger partial charge is 0.335 e. The summed E-state index contributed by atoms with van der Waals surface area (Å²) in [7, 11) is 1.65. The number of methoxy groups -OCH3 is 1. The number of hydrogen-bond donors (Lipinski definition) is 2. The quantitative estimate of drug-likeness (QED) is 0.807. The van der Waals surface area contributed by atoms with Crippen molar-refractivity contribution in [2.75, 3.05) is 25.6 Å². The van der Waals surface area contributed by atoms with Crippen molar-refractivity contribution >= 4 is 22.6 Å². The fourth-order valence-electron chi connectivity index (χ4n) is 1.93. The SMILES string of the molecule is COCCNc1cc(C)nc2cc(C(=O)O)ccc12. The van der Waals surface area contributed by atoms with E-state index in [4.69, 9.17) is 9.84 Å². The number of pyridine rings is 1. The number of ether oxygens (including phenoxy) is 1. The van der Waals surface area contributed by atoms with Gasteiger partial charge in [0.1, 0.15) is 0 Å². The highest BCUT2D eigenvalue weighted by Crippen LogP contribution is 2.24. The second-order valence-electron chi connectivity index (χ2n) is 4.27. The highest BCUT2D eigenvalue weighted by molar-refractivity contribution is 5.97. The van der Waals surface area contributed by atoms with Crippen molar-refractivity contribution < 1.29 is 14.6 Å². The molecule has 1 aromatic heterocycles. The molecular weight excluding hydrogens is 244 g/mol. The third-order valence-electron chi connectivity index (χ3n) is 2.81. The van der Waals surface area contributed by atoms with Gasteiger partial charge in [-0.3, -0.25) is 4.98 Å². The fraction of sp³-hybridized carbons (Fsp3) is 0.286. The molecule has 5 heteroatoms. The van der Waals surface area contributed by atoms with Crippen LogP contribution in [0.1, 0.15) is 16.1 Å². The van der Waals surface area contributed by atoms with Gasteiger partial charge in [0.2, 0.25) is 0 Å². The van der Waals surface area contributed by atoms with E-state index in [1.54, 1.807) is 25.3 Å². The summed E-state index contributed by atoms with van der Waals surface area (Å²) >= 11 is 0. The van der Waals surface area contributed by atoms with Crippen molar-refractivity contribution in [3.05, 3.63) is 35.5 Å². The third kappa shape index (κ3) is 3.00. The maximum Gasteiger partial charge on any atom is 0.335 e. The number of aromatic carboxylic acids is 1. The zero-order valence-corrected chi connectivity index (χ0v) is 10.9. The molecule has 0 aliphatic heterocycles. The fourth-order valence-corrected chi connectivity index (χ4v) is 1.93. The Balaban J connectivity index is 2.43. The topological polar surface area (TPSA) is 71.5 Å². The number of anilines is 1. The molecule has 5 nitrogen and oxygen atoms in total. The van der Waals surface area contributed by atoms with Crippen LogP contribution in [0.3, 0.4) is 0 Å². The van der Waals surface area contributed by atoms with Crippen LogP contribution < -0.4 is 5.32 Å². The Bertz CT molecular complexity index is 611. The monoisotopic (exact) mass is 260 g/mol. The van der Waals surface area contributed by atoms with Crippen molar-refractivity contribution in [1.29, 1.82) is 0 Å². The van der Waals surface area contributed by atoms with Gasteiger partial charge in [0, 0.05) is 30.4 Å². The van der Waals surface area contributed by atoms with E-state index >= 15 is 0 Å². The predicted molar refractivity (Wildman–Crippen MR) is 73.8 cm³/mol. The summed E-state index contributed by atoms with van der Waals surface area (Å²) < 4.78 is 5.00. The van der Waals surface area contributed by atoms with Crippen molar-refractivity contribution in [3.8, 4) is 0 Å². The minimum Gasteiger partial charge on any atom is -0.478 e. The number of benzene rings is 1. The molecule has 100 valence electrons. The molecule has 0 saturated carbocycles. The minimum atomic E-state index is -0.945. The van der Waals surface area contributed by atoms with E-state index in [0.717, 1.165) is 16.8 Å². The first-order valence-corrected chi connectivity index (χ1v) is 5.99. The Hall–Kier alpha value is -2.14. The molecule has 0 saturated heterocycles. The van der Waals surface area contributed by atoms with Crippen LogP contribution in [-0.4, -0.2) is 36.3 Å². The predicted octanol–water partition coefficient (Wildman–Crippen LogP) is 2.30. The average Bonchev–Trinajstić information content (AvgIpc) is 2.37. The van der Waals surface area contributed by atoms with Crippen LogP contribution in [-0.2, 0) is 4.74 Å². The van der Waals surface area contributed by atoms with Crippen molar-refractivity contribution in [2.24, 2.45) is 0 Å². The number of fused-ring (bicyclic) bond motifs is 1. The lowest BCUT2D eigenvalue weighted by Gasteiger charge is -2.10. The molecule has 0 fully saturated rings. The molecule has 0 aliphatic rings. The number of carboxylic acids is 1.